The summed E-state index contributed by atoms with van der Waals surface area (Å²) in [6.07, 6.45) is 21.1. The SMILES string of the molecule is CCCCCC[C@H](C)OC(=O)OC1CCC(C2(CCCC)CCCCC2)CC1. The molecule has 0 aliphatic heterocycles. The third-order valence-electron chi connectivity index (χ3n) is 7.44. The zero-order valence-electron chi connectivity index (χ0n) is 19.0. The van der Waals surface area contributed by atoms with Gasteiger partial charge in [0, 0.05) is 0 Å². The molecular weight excluding hydrogens is 348 g/mol. The molecule has 0 unspecified atom stereocenters. The average Bonchev–Trinajstić information content (AvgIpc) is 2.71. The Morgan fingerprint density at radius 2 is 1.61 bits per heavy atom. The predicted octanol–water partition coefficient (Wildman–Crippen LogP) is 8.20. The van der Waals surface area contributed by atoms with E-state index in [1.165, 1.54) is 83.5 Å². The Balaban J connectivity index is 1.71. The lowest BCUT2D eigenvalue weighted by Gasteiger charge is -2.46. The molecule has 0 N–H and O–H groups in total. The maximum absolute atomic E-state index is 12.2. The topological polar surface area (TPSA) is 35.5 Å². The number of unbranched alkanes of at least 4 members (excludes halogenated alkanes) is 4. The van der Waals surface area contributed by atoms with Crippen LogP contribution < -0.4 is 0 Å². The van der Waals surface area contributed by atoms with Crippen LogP contribution in [-0.2, 0) is 9.47 Å². The smallest absolute Gasteiger partial charge is 0.431 e. The van der Waals surface area contributed by atoms with Crippen LogP contribution in [0.4, 0.5) is 4.79 Å². The maximum atomic E-state index is 12.2. The number of ether oxygens (including phenoxy) is 2. The molecule has 0 spiro atoms. The normalized spacial score (nSPS) is 25.8. The fraction of sp³-hybridized carbons (Fsp3) is 0.960. The molecule has 2 rings (SSSR count). The van der Waals surface area contributed by atoms with E-state index in [9.17, 15) is 4.79 Å². The summed E-state index contributed by atoms with van der Waals surface area (Å²) < 4.78 is 11.2. The van der Waals surface area contributed by atoms with Gasteiger partial charge >= 0.3 is 6.16 Å². The van der Waals surface area contributed by atoms with Gasteiger partial charge < -0.3 is 9.47 Å². The molecule has 0 saturated heterocycles. The Labute approximate surface area is 174 Å². The molecule has 0 amide bonds. The van der Waals surface area contributed by atoms with Crippen LogP contribution in [0.3, 0.4) is 0 Å². The van der Waals surface area contributed by atoms with Crippen LogP contribution in [0, 0.1) is 11.3 Å². The minimum absolute atomic E-state index is 0.0275. The van der Waals surface area contributed by atoms with Crippen molar-refractivity contribution in [2.45, 2.75) is 142 Å². The molecule has 28 heavy (non-hydrogen) atoms. The second-order valence-corrected chi connectivity index (χ2v) is 9.65. The Bertz CT molecular complexity index is 420. The van der Waals surface area contributed by atoms with Gasteiger partial charge in [-0.05, 0) is 76.0 Å². The van der Waals surface area contributed by atoms with Crippen molar-refractivity contribution < 1.29 is 14.3 Å². The van der Waals surface area contributed by atoms with Crippen molar-refractivity contribution in [2.24, 2.45) is 11.3 Å². The summed E-state index contributed by atoms with van der Waals surface area (Å²) in [5, 5.41) is 0. The molecule has 164 valence electrons. The van der Waals surface area contributed by atoms with Gasteiger partial charge in [-0.25, -0.2) is 4.79 Å². The monoisotopic (exact) mass is 394 g/mol. The minimum atomic E-state index is -0.440. The summed E-state index contributed by atoms with van der Waals surface area (Å²) in [6, 6.07) is 0. The zero-order valence-corrected chi connectivity index (χ0v) is 19.0. The molecule has 2 aliphatic rings. The van der Waals surface area contributed by atoms with Gasteiger partial charge in [0.25, 0.3) is 0 Å². The molecule has 3 heteroatoms. The fourth-order valence-electron chi connectivity index (χ4n) is 5.69. The van der Waals surface area contributed by atoms with Gasteiger partial charge in [-0.15, -0.1) is 0 Å². The van der Waals surface area contributed by atoms with Crippen LogP contribution in [0.5, 0.6) is 0 Å². The van der Waals surface area contributed by atoms with Gasteiger partial charge in [-0.2, -0.15) is 0 Å². The van der Waals surface area contributed by atoms with Crippen molar-refractivity contribution in [3.8, 4) is 0 Å². The molecule has 0 aromatic heterocycles. The van der Waals surface area contributed by atoms with E-state index in [0.29, 0.717) is 5.41 Å². The van der Waals surface area contributed by atoms with Crippen LogP contribution in [0.25, 0.3) is 0 Å². The fourth-order valence-corrected chi connectivity index (χ4v) is 5.69. The molecule has 0 aromatic carbocycles. The largest absolute Gasteiger partial charge is 0.508 e. The van der Waals surface area contributed by atoms with E-state index in [0.717, 1.165) is 31.6 Å². The lowest BCUT2D eigenvalue weighted by atomic mass is 9.59. The molecular formula is C25H46O3. The van der Waals surface area contributed by atoms with E-state index in [4.69, 9.17) is 9.47 Å². The summed E-state index contributed by atoms with van der Waals surface area (Å²) >= 11 is 0. The molecule has 1 atom stereocenters. The third kappa shape index (κ3) is 7.59. The van der Waals surface area contributed by atoms with Gasteiger partial charge in [0.1, 0.15) is 12.2 Å². The first kappa shape index (κ1) is 23.5. The first-order chi connectivity index (χ1) is 13.6. The first-order valence-corrected chi connectivity index (χ1v) is 12.5. The molecule has 0 bridgehead atoms. The third-order valence-corrected chi connectivity index (χ3v) is 7.44. The molecule has 0 aromatic rings. The van der Waals surface area contributed by atoms with Gasteiger partial charge in [-0.1, -0.05) is 65.2 Å². The van der Waals surface area contributed by atoms with Gasteiger partial charge in [0.2, 0.25) is 0 Å². The molecule has 2 aliphatic carbocycles. The highest BCUT2D eigenvalue weighted by molar-refractivity contribution is 5.60. The number of rotatable bonds is 11. The standard InChI is InChI=1S/C25H46O3/c1-4-6-8-10-13-21(3)27-24(26)28-23-16-14-22(15-17-23)25(18-7-5-2)19-11-9-12-20-25/h21-23H,4-20H2,1-3H3/t21-,22?,23?/m0/s1. The Kier molecular flexibility index (Phi) is 10.7. The molecule has 0 heterocycles. The maximum Gasteiger partial charge on any atom is 0.508 e. The summed E-state index contributed by atoms with van der Waals surface area (Å²) in [6.45, 7) is 6.52. The van der Waals surface area contributed by atoms with Crippen molar-refractivity contribution in [1.29, 1.82) is 0 Å². The highest BCUT2D eigenvalue weighted by atomic mass is 16.7. The summed E-state index contributed by atoms with van der Waals surface area (Å²) in [7, 11) is 0. The van der Waals surface area contributed by atoms with Gasteiger partial charge in [0.15, 0.2) is 0 Å². The number of carbonyl (C=O) groups is 1. The molecule has 2 saturated carbocycles. The van der Waals surface area contributed by atoms with Crippen LogP contribution in [0.2, 0.25) is 0 Å². The highest BCUT2D eigenvalue weighted by Crippen LogP contribution is 2.51. The average molecular weight is 395 g/mol. The van der Waals surface area contributed by atoms with Crippen molar-refractivity contribution in [3.63, 3.8) is 0 Å². The number of carbonyl (C=O) groups excluding carboxylic acids is 1. The highest BCUT2D eigenvalue weighted by Gasteiger charge is 2.41. The summed E-state index contributed by atoms with van der Waals surface area (Å²) in [5.41, 5.74) is 0.590. The zero-order chi connectivity index (χ0) is 20.2. The lowest BCUT2D eigenvalue weighted by Crippen LogP contribution is -2.37. The van der Waals surface area contributed by atoms with Crippen molar-refractivity contribution in [2.75, 3.05) is 0 Å². The van der Waals surface area contributed by atoms with Gasteiger partial charge in [0.05, 0.1) is 0 Å². The second kappa shape index (κ2) is 12.8. The minimum Gasteiger partial charge on any atom is -0.431 e. The Morgan fingerprint density at radius 1 is 0.929 bits per heavy atom. The van der Waals surface area contributed by atoms with E-state index in [2.05, 4.69) is 13.8 Å². The van der Waals surface area contributed by atoms with E-state index in [-0.39, 0.29) is 12.2 Å². The molecule has 3 nitrogen and oxygen atoms in total. The van der Waals surface area contributed by atoms with E-state index < -0.39 is 6.16 Å². The van der Waals surface area contributed by atoms with Crippen molar-refractivity contribution in [1.82, 2.24) is 0 Å². The van der Waals surface area contributed by atoms with Crippen LogP contribution >= 0.6 is 0 Å². The van der Waals surface area contributed by atoms with Crippen LogP contribution in [0.1, 0.15) is 130 Å². The lowest BCUT2D eigenvalue weighted by molar-refractivity contribution is -0.0292. The number of hydrogen-bond acceptors (Lipinski definition) is 3. The molecule has 0 radical (unpaired) electrons. The Morgan fingerprint density at radius 3 is 2.25 bits per heavy atom. The quantitative estimate of drug-likeness (QED) is 0.262. The van der Waals surface area contributed by atoms with Crippen LogP contribution in [-0.4, -0.2) is 18.4 Å². The second-order valence-electron chi connectivity index (χ2n) is 9.65. The van der Waals surface area contributed by atoms with Gasteiger partial charge in [-0.3, -0.25) is 0 Å². The van der Waals surface area contributed by atoms with E-state index in [1.54, 1.807) is 0 Å². The van der Waals surface area contributed by atoms with E-state index >= 15 is 0 Å². The van der Waals surface area contributed by atoms with Crippen molar-refractivity contribution in [3.05, 3.63) is 0 Å². The van der Waals surface area contributed by atoms with Crippen LogP contribution in [0.15, 0.2) is 0 Å². The van der Waals surface area contributed by atoms with Crippen molar-refractivity contribution >= 4 is 6.16 Å². The predicted molar refractivity (Wildman–Crippen MR) is 117 cm³/mol. The summed E-state index contributed by atoms with van der Waals surface area (Å²) in [5.74, 6) is 0.840. The first-order valence-electron chi connectivity index (χ1n) is 12.5. The van der Waals surface area contributed by atoms with E-state index in [1.807, 2.05) is 6.92 Å². The molecule has 2 fully saturated rings. The number of hydrogen-bond donors (Lipinski definition) is 0. The Hall–Kier alpha value is -0.730. The summed E-state index contributed by atoms with van der Waals surface area (Å²) in [4.78, 5) is 12.2.